The Labute approximate surface area is 127 Å². The molecule has 1 atom stereocenters. The zero-order valence-corrected chi connectivity index (χ0v) is 13.1. The van der Waals surface area contributed by atoms with Crippen LogP contribution in [0.2, 0.25) is 5.02 Å². The molecule has 1 unspecified atom stereocenters. The van der Waals surface area contributed by atoms with E-state index in [9.17, 15) is 10.1 Å². The molecule has 21 heavy (non-hydrogen) atoms. The minimum absolute atomic E-state index is 0.00504. The second-order valence-electron chi connectivity index (χ2n) is 4.99. The van der Waals surface area contributed by atoms with Crippen molar-refractivity contribution in [1.29, 1.82) is 0 Å². The van der Waals surface area contributed by atoms with Gasteiger partial charge in [-0.3, -0.25) is 14.8 Å². The van der Waals surface area contributed by atoms with Gasteiger partial charge in [-0.2, -0.15) is 5.10 Å². The second kappa shape index (κ2) is 5.73. The first-order chi connectivity index (χ1) is 9.81. The normalized spacial score (nSPS) is 12.2. The number of rotatable bonds is 4. The molecule has 0 fully saturated rings. The Morgan fingerprint density at radius 3 is 2.62 bits per heavy atom. The van der Waals surface area contributed by atoms with Crippen LogP contribution in [0.1, 0.15) is 29.9 Å². The summed E-state index contributed by atoms with van der Waals surface area (Å²) in [5, 5.41) is 19.1. The van der Waals surface area contributed by atoms with Crippen molar-refractivity contribution < 1.29 is 4.92 Å². The highest BCUT2D eigenvalue weighted by Crippen LogP contribution is 2.32. The first-order valence-electron chi connectivity index (χ1n) is 6.51. The largest absolute Gasteiger partial charge is 0.373 e. The van der Waals surface area contributed by atoms with Crippen molar-refractivity contribution in [2.45, 2.75) is 26.8 Å². The number of nitrogens with one attached hydrogen (secondary N) is 1. The topological polar surface area (TPSA) is 73.0 Å². The summed E-state index contributed by atoms with van der Waals surface area (Å²) in [5.74, 6) is 0. The standard InChI is InChI=1S/C14H17ClN4O2/c1-8(14-9(2)17-18(4)10(14)3)16-12-7-11(15)5-6-13(12)19(20)21/h5-8,16H,1-4H3. The molecule has 1 aromatic carbocycles. The first-order valence-corrected chi connectivity index (χ1v) is 6.89. The molecule has 2 rings (SSSR count). The molecule has 1 N–H and O–H groups in total. The summed E-state index contributed by atoms with van der Waals surface area (Å²) in [6.45, 7) is 5.84. The van der Waals surface area contributed by atoms with Crippen LogP contribution in [0, 0.1) is 24.0 Å². The highest BCUT2D eigenvalue weighted by atomic mass is 35.5. The molecule has 2 aromatic rings. The molecular weight excluding hydrogens is 292 g/mol. The number of nitro groups is 1. The third-order valence-electron chi connectivity index (χ3n) is 3.53. The van der Waals surface area contributed by atoms with Crippen molar-refractivity contribution in [3.05, 3.63) is 50.3 Å². The van der Waals surface area contributed by atoms with Crippen LogP contribution in [-0.2, 0) is 7.05 Å². The Morgan fingerprint density at radius 2 is 2.10 bits per heavy atom. The lowest BCUT2D eigenvalue weighted by Gasteiger charge is -2.16. The van der Waals surface area contributed by atoms with Crippen molar-refractivity contribution in [3.63, 3.8) is 0 Å². The average Bonchev–Trinajstić information content (AvgIpc) is 2.62. The van der Waals surface area contributed by atoms with Crippen LogP contribution >= 0.6 is 11.6 Å². The molecule has 1 heterocycles. The minimum atomic E-state index is -0.422. The predicted molar refractivity (Wildman–Crippen MR) is 82.8 cm³/mol. The number of aromatic nitrogens is 2. The van der Waals surface area contributed by atoms with Crippen LogP contribution in [0.4, 0.5) is 11.4 Å². The zero-order valence-electron chi connectivity index (χ0n) is 12.3. The molecule has 0 aliphatic rings. The quantitative estimate of drug-likeness (QED) is 0.689. The Hall–Kier alpha value is -2.08. The van der Waals surface area contributed by atoms with E-state index in [1.807, 2.05) is 27.8 Å². The Balaban J connectivity index is 2.37. The Morgan fingerprint density at radius 1 is 1.43 bits per heavy atom. The molecule has 0 amide bonds. The molecule has 0 spiro atoms. The monoisotopic (exact) mass is 308 g/mol. The fraction of sp³-hybridized carbons (Fsp3) is 0.357. The highest BCUT2D eigenvalue weighted by Gasteiger charge is 2.20. The molecular formula is C14H17ClN4O2. The summed E-state index contributed by atoms with van der Waals surface area (Å²) < 4.78 is 1.80. The lowest BCUT2D eigenvalue weighted by molar-refractivity contribution is -0.384. The molecule has 0 aliphatic heterocycles. The van der Waals surface area contributed by atoms with Crippen molar-refractivity contribution >= 4 is 23.0 Å². The van der Waals surface area contributed by atoms with E-state index in [-0.39, 0.29) is 11.7 Å². The maximum Gasteiger partial charge on any atom is 0.292 e. The average molecular weight is 309 g/mol. The molecule has 112 valence electrons. The molecule has 0 aliphatic carbocycles. The molecule has 0 saturated carbocycles. The molecule has 0 radical (unpaired) electrons. The van der Waals surface area contributed by atoms with Gasteiger partial charge in [-0.25, -0.2) is 0 Å². The Bertz CT molecular complexity index is 697. The molecule has 7 heteroatoms. The number of hydrogen-bond acceptors (Lipinski definition) is 4. The van der Waals surface area contributed by atoms with E-state index in [0.717, 1.165) is 17.0 Å². The van der Waals surface area contributed by atoms with Gasteiger partial charge in [0.2, 0.25) is 0 Å². The smallest absolute Gasteiger partial charge is 0.292 e. The summed E-state index contributed by atoms with van der Waals surface area (Å²) in [4.78, 5) is 10.7. The number of anilines is 1. The van der Waals surface area contributed by atoms with Crippen LogP contribution in [-0.4, -0.2) is 14.7 Å². The van der Waals surface area contributed by atoms with Gasteiger partial charge in [0, 0.05) is 29.4 Å². The number of benzene rings is 1. The Kier molecular flexibility index (Phi) is 4.18. The van der Waals surface area contributed by atoms with Gasteiger partial charge < -0.3 is 5.32 Å². The van der Waals surface area contributed by atoms with Gasteiger partial charge in [0.05, 0.1) is 16.7 Å². The van der Waals surface area contributed by atoms with Crippen molar-refractivity contribution in [2.75, 3.05) is 5.32 Å². The summed E-state index contributed by atoms with van der Waals surface area (Å²) in [6, 6.07) is 4.36. The summed E-state index contributed by atoms with van der Waals surface area (Å²) in [5.41, 5.74) is 3.37. The van der Waals surface area contributed by atoms with E-state index < -0.39 is 4.92 Å². The van der Waals surface area contributed by atoms with Crippen molar-refractivity contribution in [3.8, 4) is 0 Å². The second-order valence-corrected chi connectivity index (χ2v) is 5.43. The maximum atomic E-state index is 11.1. The van der Waals surface area contributed by atoms with Gasteiger partial charge in [0.1, 0.15) is 5.69 Å². The van der Waals surface area contributed by atoms with Crippen LogP contribution in [0.5, 0.6) is 0 Å². The predicted octanol–water partition coefficient (Wildman–Crippen LogP) is 3.77. The summed E-state index contributed by atoms with van der Waals surface area (Å²) in [7, 11) is 1.88. The van der Waals surface area contributed by atoms with E-state index in [1.165, 1.54) is 12.1 Å². The number of halogens is 1. The maximum absolute atomic E-state index is 11.1. The minimum Gasteiger partial charge on any atom is -0.373 e. The zero-order chi connectivity index (χ0) is 15.7. The summed E-state index contributed by atoms with van der Waals surface area (Å²) >= 11 is 5.94. The van der Waals surface area contributed by atoms with Crippen LogP contribution in [0.15, 0.2) is 18.2 Å². The van der Waals surface area contributed by atoms with Crippen molar-refractivity contribution in [2.24, 2.45) is 7.05 Å². The van der Waals surface area contributed by atoms with E-state index in [4.69, 9.17) is 11.6 Å². The SMILES string of the molecule is Cc1nn(C)c(C)c1C(C)Nc1cc(Cl)ccc1[N+](=O)[O-]. The van der Waals surface area contributed by atoms with Gasteiger partial charge >= 0.3 is 0 Å². The molecule has 1 aromatic heterocycles. The van der Waals surface area contributed by atoms with Crippen molar-refractivity contribution in [1.82, 2.24) is 9.78 Å². The third kappa shape index (κ3) is 3.00. The lowest BCUT2D eigenvalue weighted by atomic mass is 10.1. The summed E-state index contributed by atoms with van der Waals surface area (Å²) in [6.07, 6.45) is 0. The van der Waals surface area contributed by atoms with E-state index >= 15 is 0 Å². The van der Waals surface area contributed by atoms with E-state index in [2.05, 4.69) is 10.4 Å². The molecule has 6 nitrogen and oxygen atoms in total. The number of aryl methyl sites for hydroxylation is 2. The van der Waals surface area contributed by atoms with E-state index in [0.29, 0.717) is 10.7 Å². The van der Waals surface area contributed by atoms with Gasteiger partial charge in [-0.05, 0) is 32.9 Å². The number of nitro benzene ring substituents is 1. The van der Waals surface area contributed by atoms with Crippen LogP contribution in [0.25, 0.3) is 0 Å². The fourth-order valence-electron chi connectivity index (χ4n) is 2.51. The van der Waals surface area contributed by atoms with Crippen LogP contribution in [0.3, 0.4) is 0 Å². The van der Waals surface area contributed by atoms with E-state index in [1.54, 1.807) is 10.7 Å². The van der Waals surface area contributed by atoms with Crippen LogP contribution < -0.4 is 5.32 Å². The third-order valence-corrected chi connectivity index (χ3v) is 3.76. The highest BCUT2D eigenvalue weighted by molar-refractivity contribution is 6.31. The molecule has 0 saturated heterocycles. The number of hydrogen-bond donors (Lipinski definition) is 1. The van der Waals surface area contributed by atoms with Gasteiger partial charge in [0.25, 0.3) is 5.69 Å². The van der Waals surface area contributed by atoms with Gasteiger partial charge in [0.15, 0.2) is 0 Å². The number of nitrogens with zero attached hydrogens (tertiary/aromatic N) is 3. The first kappa shape index (κ1) is 15.3. The fourth-order valence-corrected chi connectivity index (χ4v) is 2.68. The molecule has 0 bridgehead atoms. The van der Waals surface area contributed by atoms with Gasteiger partial charge in [-0.1, -0.05) is 11.6 Å². The lowest BCUT2D eigenvalue weighted by Crippen LogP contribution is -2.10. The van der Waals surface area contributed by atoms with Gasteiger partial charge in [-0.15, -0.1) is 0 Å².